The molecule has 2 aromatic carbocycles. The van der Waals surface area contributed by atoms with Crippen LogP contribution < -0.4 is 16.4 Å². The second kappa shape index (κ2) is 12.7. The number of hydrogen-bond acceptors (Lipinski definition) is 6. The molecule has 0 spiro atoms. The number of unbranched alkanes of at least 4 members (excludes halogenated alkanes) is 1. The predicted octanol–water partition coefficient (Wildman–Crippen LogP) is 1.46. The van der Waals surface area contributed by atoms with Gasteiger partial charge in [-0.1, -0.05) is 24.3 Å². The van der Waals surface area contributed by atoms with E-state index in [1.54, 1.807) is 24.3 Å². The molecule has 0 aliphatic rings. The highest BCUT2D eigenvalue weighted by Crippen LogP contribution is 2.21. The van der Waals surface area contributed by atoms with E-state index in [-0.39, 0.29) is 5.56 Å². The molecular weight excluding hydrogens is 420 g/mol. The van der Waals surface area contributed by atoms with Crippen molar-refractivity contribution in [3.63, 3.8) is 0 Å². The summed E-state index contributed by atoms with van der Waals surface area (Å²) in [6.45, 7) is 0.455. The number of halogens is 1. The first kappa shape index (κ1) is 25.1. The number of amides is 2. The molecule has 2 amide bonds. The van der Waals surface area contributed by atoms with Crippen LogP contribution in [0.2, 0.25) is 0 Å². The summed E-state index contributed by atoms with van der Waals surface area (Å²) in [6.07, 6.45) is 3.88. The Labute approximate surface area is 186 Å². The fraction of sp³-hybridized carbons (Fsp3) is 0.429. The first-order chi connectivity index (χ1) is 14.9. The molecule has 0 unspecified atom stereocenters. The summed E-state index contributed by atoms with van der Waals surface area (Å²) in [4.78, 5) is 25.8. The normalized spacial score (nSPS) is 12.9. The third kappa shape index (κ3) is 7.21. The lowest BCUT2D eigenvalue weighted by atomic mass is 9.77. The summed E-state index contributed by atoms with van der Waals surface area (Å²) in [7, 11) is -1.71. The molecule has 0 bridgehead atoms. The molecule has 6 N–H and O–H groups in total. The Morgan fingerprint density at radius 2 is 1.81 bits per heavy atom. The fourth-order valence-corrected chi connectivity index (χ4v) is 3.78. The van der Waals surface area contributed by atoms with Gasteiger partial charge in [-0.05, 0) is 61.8 Å². The lowest BCUT2D eigenvalue weighted by molar-refractivity contribution is -0.123. The van der Waals surface area contributed by atoms with Crippen LogP contribution in [-0.4, -0.2) is 59.5 Å². The van der Waals surface area contributed by atoms with Crippen molar-refractivity contribution in [1.82, 2.24) is 10.6 Å². The van der Waals surface area contributed by atoms with E-state index in [0.29, 0.717) is 48.8 Å². The molecule has 31 heavy (non-hydrogen) atoms. The van der Waals surface area contributed by atoms with Crippen molar-refractivity contribution < 1.29 is 24.0 Å². The van der Waals surface area contributed by atoms with Crippen molar-refractivity contribution in [2.24, 2.45) is 5.73 Å². The van der Waals surface area contributed by atoms with Gasteiger partial charge in [0.2, 0.25) is 5.91 Å². The molecule has 2 rings (SSSR count). The Morgan fingerprint density at radius 3 is 2.48 bits per heavy atom. The number of carbonyl (C=O) groups excluding carboxylic acids is 2. The molecule has 0 aliphatic heterocycles. The topological polar surface area (TPSA) is 125 Å². The highest BCUT2D eigenvalue weighted by Gasteiger charge is 2.29. The number of thioether (sulfide) groups is 1. The van der Waals surface area contributed by atoms with Crippen molar-refractivity contribution in [1.29, 1.82) is 0 Å². The fourth-order valence-electron chi connectivity index (χ4n) is 3.29. The Hall–Kier alpha value is -2.14. The number of benzene rings is 2. The van der Waals surface area contributed by atoms with Gasteiger partial charge in [0.05, 0.1) is 5.94 Å². The molecule has 0 heterocycles. The molecule has 0 saturated heterocycles. The van der Waals surface area contributed by atoms with Crippen LogP contribution in [0.1, 0.15) is 36.0 Å². The van der Waals surface area contributed by atoms with E-state index in [0.717, 1.165) is 0 Å². The lowest BCUT2D eigenvalue weighted by Gasteiger charge is -2.23. The van der Waals surface area contributed by atoms with Gasteiger partial charge >= 0.3 is 7.12 Å². The van der Waals surface area contributed by atoms with E-state index in [4.69, 9.17) is 5.73 Å². The van der Waals surface area contributed by atoms with Crippen LogP contribution in [0, 0.1) is 5.82 Å². The third-order valence-corrected chi connectivity index (χ3v) is 5.65. The number of hydrogen-bond donors (Lipinski definition) is 5. The maximum Gasteiger partial charge on any atom is 0.475 e. The standard InChI is InChI=1S/C21H29BFN3O4S/c1-31-13-11-19(22(29)30)26-21(28)18(10-2-3-12-24)25-20(27)16-8-4-7-15-14(16)6-5-9-17(15)23/h4-9,18-19,29-30H,2-3,10-13,24H2,1H3,(H,25,27)(H,26,28)/t18-,19-/m0/s1. The van der Waals surface area contributed by atoms with Gasteiger partial charge in [0.25, 0.3) is 5.91 Å². The highest BCUT2D eigenvalue weighted by atomic mass is 32.2. The van der Waals surface area contributed by atoms with Gasteiger partial charge in [0.15, 0.2) is 0 Å². The van der Waals surface area contributed by atoms with Gasteiger partial charge in [-0.3, -0.25) is 9.59 Å². The average Bonchev–Trinajstić information content (AvgIpc) is 2.75. The van der Waals surface area contributed by atoms with E-state index in [1.807, 2.05) is 6.26 Å². The van der Waals surface area contributed by atoms with Gasteiger partial charge in [0, 0.05) is 10.9 Å². The SMILES string of the molecule is CSCC[C@H](NC(=O)[C@H](CCCCN)NC(=O)c1cccc2c(F)cccc12)B(O)O. The number of nitrogens with two attached hydrogens (primary N) is 1. The van der Waals surface area contributed by atoms with Crippen LogP contribution in [0.25, 0.3) is 10.8 Å². The Balaban J connectivity index is 2.20. The first-order valence-corrected chi connectivity index (χ1v) is 11.6. The van der Waals surface area contributed by atoms with Crippen molar-refractivity contribution in [3.05, 3.63) is 47.8 Å². The highest BCUT2D eigenvalue weighted by molar-refractivity contribution is 7.98. The van der Waals surface area contributed by atoms with Crippen LogP contribution in [0.4, 0.5) is 4.39 Å². The van der Waals surface area contributed by atoms with Crippen molar-refractivity contribution in [2.75, 3.05) is 18.6 Å². The predicted molar refractivity (Wildman–Crippen MR) is 123 cm³/mol. The molecule has 2 atom stereocenters. The summed E-state index contributed by atoms with van der Waals surface area (Å²) >= 11 is 1.52. The molecule has 0 saturated carbocycles. The first-order valence-electron chi connectivity index (χ1n) is 10.2. The molecule has 2 aromatic rings. The van der Waals surface area contributed by atoms with Gasteiger partial charge in [0.1, 0.15) is 11.9 Å². The third-order valence-electron chi connectivity index (χ3n) is 5.00. The summed E-state index contributed by atoms with van der Waals surface area (Å²) < 4.78 is 14.1. The van der Waals surface area contributed by atoms with Gasteiger partial charge in [-0.15, -0.1) is 0 Å². The minimum absolute atomic E-state index is 0.259. The smallest absolute Gasteiger partial charge is 0.426 e. The maximum atomic E-state index is 14.1. The zero-order chi connectivity index (χ0) is 22.8. The van der Waals surface area contributed by atoms with Crippen LogP contribution in [0.3, 0.4) is 0 Å². The van der Waals surface area contributed by atoms with Crippen LogP contribution >= 0.6 is 11.8 Å². The molecule has 0 radical (unpaired) electrons. The molecule has 0 aliphatic carbocycles. The molecular formula is C21H29BFN3O4S. The number of nitrogens with one attached hydrogen (secondary N) is 2. The molecule has 0 aromatic heterocycles. The molecule has 7 nitrogen and oxygen atoms in total. The van der Waals surface area contributed by atoms with E-state index in [1.165, 1.54) is 23.9 Å². The van der Waals surface area contributed by atoms with Crippen LogP contribution in [0.15, 0.2) is 36.4 Å². The second-order valence-corrected chi connectivity index (χ2v) is 8.25. The van der Waals surface area contributed by atoms with E-state index < -0.39 is 36.7 Å². The van der Waals surface area contributed by atoms with Gasteiger partial charge in [-0.2, -0.15) is 11.8 Å². The quantitative estimate of drug-likeness (QED) is 0.247. The van der Waals surface area contributed by atoms with E-state index >= 15 is 0 Å². The average molecular weight is 449 g/mol. The molecule has 168 valence electrons. The maximum absolute atomic E-state index is 14.1. The largest absolute Gasteiger partial charge is 0.475 e. The number of carbonyl (C=O) groups is 2. The van der Waals surface area contributed by atoms with Gasteiger partial charge in [-0.25, -0.2) is 4.39 Å². The van der Waals surface area contributed by atoms with Crippen molar-refractivity contribution >= 4 is 41.5 Å². The van der Waals surface area contributed by atoms with E-state index in [9.17, 15) is 24.0 Å². The van der Waals surface area contributed by atoms with Crippen LogP contribution in [-0.2, 0) is 4.79 Å². The minimum Gasteiger partial charge on any atom is -0.426 e. The second-order valence-electron chi connectivity index (χ2n) is 7.26. The summed E-state index contributed by atoms with van der Waals surface area (Å²) in [5.41, 5.74) is 5.80. The Morgan fingerprint density at radius 1 is 1.10 bits per heavy atom. The number of fused-ring (bicyclic) bond motifs is 1. The lowest BCUT2D eigenvalue weighted by Crippen LogP contribution is -2.54. The Bertz CT molecular complexity index is 887. The summed E-state index contributed by atoms with van der Waals surface area (Å²) in [5.74, 6) is -1.65. The monoisotopic (exact) mass is 449 g/mol. The molecule has 0 fully saturated rings. The molecule has 10 heteroatoms. The van der Waals surface area contributed by atoms with Crippen molar-refractivity contribution in [3.8, 4) is 0 Å². The van der Waals surface area contributed by atoms with E-state index in [2.05, 4.69) is 10.6 Å². The summed E-state index contributed by atoms with van der Waals surface area (Å²) in [5, 5.41) is 25.3. The zero-order valence-electron chi connectivity index (χ0n) is 17.5. The number of rotatable bonds is 12. The Kier molecular flexibility index (Phi) is 10.3. The summed E-state index contributed by atoms with van der Waals surface area (Å²) in [6, 6.07) is 8.36. The zero-order valence-corrected chi connectivity index (χ0v) is 18.3. The van der Waals surface area contributed by atoms with Gasteiger partial charge < -0.3 is 26.4 Å². The minimum atomic E-state index is -1.71. The van der Waals surface area contributed by atoms with Crippen LogP contribution in [0.5, 0.6) is 0 Å². The van der Waals surface area contributed by atoms with Crippen molar-refractivity contribution in [2.45, 2.75) is 37.7 Å².